The first-order valence-electron chi connectivity index (χ1n) is 12.2. The summed E-state index contributed by atoms with van der Waals surface area (Å²) >= 11 is 6.93. The largest absolute Gasteiger partial charge is 0.456 e. The second-order valence-corrected chi connectivity index (χ2v) is 12.2. The standard InChI is InChI=1S/C26H31ClO7/c1-22(2)32-13-21(30)31-12-19(29)25(34-22)8-6-15-16-10-18(27)17-9-14(28)5-7-23(17,3)26(16)20(33-26)11-24(15,25)4/h5,7,9,15-16,18,20H,6,8,10-13H2,1-4H3/t15-,16-,18-,20-,23-,24-,25-,26+/m0/s1. The number of alkyl halides is 1. The van der Waals surface area contributed by atoms with Crippen molar-refractivity contribution in [3.63, 3.8) is 0 Å². The van der Waals surface area contributed by atoms with E-state index in [0.717, 1.165) is 12.0 Å². The van der Waals surface area contributed by atoms with Crippen molar-refractivity contribution >= 4 is 29.1 Å². The molecule has 6 aliphatic rings. The molecule has 5 fully saturated rings. The molecule has 2 spiro atoms. The van der Waals surface area contributed by atoms with E-state index in [4.69, 9.17) is 30.5 Å². The fraction of sp³-hybridized carbons (Fsp3) is 0.731. The highest BCUT2D eigenvalue weighted by molar-refractivity contribution is 6.23. The third-order valence-electron chi connectivity index (χ3n) is 9.81. The third-order valence-corrected chi connectivity index (χ3v) is 10.2. The van der Waals surface area contributed by atoms with Crippen LogP contribution in [-0.4, -0.2) is 59.2 Å². The number of esters is 1. The first-order valence-corrected chi connectivity index (χ1v) is 12.6. The van der Waals surface area contributed by atoms with Crippen LogP contribution in [-0.2, 0) is 33.3 Å². The number of carbonyl (C=O) groups excluding carboxylic acids is 3. The molecular weight excluding hydrogens is 460 g/mol. The molecule has 0 aromatic carbocycles. The first-order chi connectivity index (χ1) is 15.9. The fourth-order valence-electron chi connectivity index (χ4n) is 8.30. The van der Waals surface area contributed by atoms with Crippen LogP contribution in [0.4, 0.5) is 0 Å². The fourth-order valence-corrected chi connectivity index (χ4v) is 8.78. The summed E-state index contributed by atoms with van der Waals surface area (Å²) in [6, 6.07) is 0. The quantitative estimate of drug-likeness (QED) is 0.292. The molecule has 6 rings (SSSR count). The number of cyclic esters (lactones) is 1. The van der Waals surface area contributed by atoms with Gasteiger partial charge in [0.1, 0.15) is 17.8 Å². The Morgan fingerprint density at radius 1 is 1.06 bits per heavy atom. The zero-order valence-electron chi connectivity index (χ0n) is 20.0. The summed E-state index contributed by atoms with van der Waals surface area (Å²) in [4.78, 5) is 37.9. The number of hydrogen-bond acceptors (Lipinski definition) is 7. The molecule has 0 N–H and O–H groups in total. The minimum Gasteiger partial charge on any atom is -0.456 e. The highest BCUT2D eigenvalue weighted by atomic mass is 35.5. The lowest BCUT2D eigenvalue weighted by Crippen LogP contribution is -2.64. The molecule has 8 heteroatoms. The van der Waals surface area contributed by atoms with Crippen molar-refractivity contribution in [2.24, 2.45) is 22.7 Å². The van der Waals surface area contributed by atoms with Crippen molar-refractivity contribution < 1.29 is 33.3 Å². The number of Topliss-reactive ketones (excluding diaryl/α,β-unsaturated/α-hetero) is 1. The Labute approximate surface area is 204 Å². The molecule has 0 unspecified atom stereocenters. The van der Waals surface area contributed by atoms with Gasteiger partial charge in [0.05, 0.1) is 11.5 Å². The molecular formula is C26H31ClO7. The van der Waals surface area contributed by atoms with Crippen molar-refractivity contribution in [3.05, 3.63) is 23.8 Å². The summed E-state index contributed by atoms with van der Waals surface area (Å²) in [6.07, 6.45) is 7.84. The van der Waals surface area contributed by atoms with Crippen LogP contribution in [0, 0.1) is 22.7 Å². The van der Waals surface area contributed by atoms with E-state index in [1.807, 2.05) is 6.08 Å². The summed E-state index contributed by atoms with van der Waals surface area (Å²) in [6.45, 7) is 7.16. The van der Waals surface area contributed by atoms with Crippen LogP contribution >= 0.6 is 11.6 Å². The van der Waals surface area contributed by atoms with Gasteiger partial charge in [-0.1, -0.05) is 13.0 Å². The molecule has 2 heterocycles. The van der Waals surface area contributed by atoms with E-state index >= 15 is 0 Å². The number of halogens is 1. The van der Waals surface area contributed by atoms with E-state index in [1.54, 1.807) is 26.0 Å². The maximum Gasteiger partial charge on any atom is 0.332 e. The minimum absolute atomic E-state index is 0.0352. The van der Waals surface area contributed by atoms with Crippen molar-refractivity contribution in [2.75, 3.05) is 13.2 Å². The van der Waals surface area contributed by atoms with E-state index < -0.39 is 33.8 Å². The van der Waals surface area contributed by atoms with Crippen LogP contribution in [0.5, 0.6) is 0 Å². The van der Waals surface area contributed by atoms with E-state index in [2.05, 4.69) is 13.8 Å². The van der Waals surface area contributed by atoms with E-state index in [-0.39, 0.29) is 48.1 Å². The molecule has 34 heavy (non-hydrogen) atoms. The van der Waals surface area contributed by atoms with Gasteiger partial charge in [0.2, 0.25) is 5.78 Å². The van der Waals surface area contributed by atoms with Gasteiger partial charge in [-0.15, -0.1) is 11.6 Å². The lowest BCUT2D eigenvalue weighted by Gasteiger charge is -2.57. The number of allylic oxidation sites excluding steroid dienone is 2. The number of epoxide rings is 1. The summed E-state index contributed by atoms with van der Waals surface area (Å²) in [7, 11) is 0. The monoisotopic (exact) mass is 490 g/mol. The number of ether oxygens (including phenoxy) is 4. The van der Waals surface area contributed by atoms with Gasteiger partial charge >= 0.3 is 5.97 Å². The zero-order chi connectivity index (χ0) is 24.3. The van der Waals surface area contributed by atoms with Gasteiger partial charge in [-0.2, -0.15) is 0 Å². The van der Waals surface area contributed by atoms with Gasteiger partial charge in [0.15, 0.2) is 18.2 Å². The molecule has 3 saturated carbocycles. The molecule has 184 valence electrons. The number of ketones is 2. The average molecular weight is 491 g/mol. The first kappa shape index (κ1) is 22.9. The predicted octanol–water partition coefficient (Wildman–Crippen LogP) is 3.28. The Morgan fingerprint density at radius 2 is 1.82 bits per heavy atom. The molecule has 0 aromatic rings. The molecule has 0 aromatic heterocycles. The summed E-state index contributed by atoms with van der Waals surface area (Å²) in [5.74, 6) is -1.73. The Balaban J connectivity index is 1.43. The number of rotatable bonds is 0. The third kappa shape index (κ3) is 2.67. The maximum atomic E-state index is 13.7. The lowest BCUT2D eigenvalue weighted by atomic mass is 9.46. The zero-order valence-corrected chi connectivity index (χ0v) is 20.8. The molecule has 0 radical (unpaired) electrons. The van der Waals surface area contributed by atoms with Crippen LogP contribution in [0.3, 0.4) is 0 Å². The Bertz CT molecular complexity index is 1060. The maximum absolute atomic E-state index is 13.7. The van der Waals surface area contributed by atoms with Gasteiger partial charge in [0, 0.05) is 10.8 Å². The van der Waals surface area contributed by atoms with Crippen LogP contribution in [0.15, 0.2) is 23.8 Å². The van der Waals surface area contributed by atoms with E-state index in [1.165, 1.54) is 0 Å². The van der Waals surface area contributed by atoms with Gasteiger partial charge in [-0.05, 0) is 76.0 Å². The predicted molar refractivity (Wildman–Crippen MR) is 121 cm³/mol. The Kier molecular flexibility index (Phi) is 4.59. The van der Waals surface area contributed by atoms with Crippen molar-refractivity contribution in [1.82, 2.24) is 0 Å². The van der Waals surface area contributed by atoms with Crippen LogP contribution < -0.4 is 0 Å². The summed E-state index contributed by atoms with van der Waals surface area (Å²) in [5, 5.41) is -0.281. The van der Waals surface area contributed by atoms with Gasteiger partial charge in [0.25, 0.3) is 0 Å². The highest BCUT2D eigenvalue weighted by Crippen LogP contribution is 2.76. The van der Waals surface area contributed by atoms with Crippen LogP contribution in [0.1, 0.15) is 53.4 Å². The average Bonchev–Trinajstić information content (AvgIpc) is 3.41. The van der Waals surface area contributed by atoms with Crippen molar-refractivity contribution in [3.8, 4) is 0 Å². The summed E-state index contributed by atoms with van der Waals surface area (Å²) < 4.78 is 24.2. The van der Waals surface area contributed by atoms with Gasteiger partial charge in [-0.25, -0.2) is 4.79 Å². The second-order valence-electron chi connectivity index (χ2n) is 11.7. The molecule has 4 aliphatic carbocycles. The molecule has 0 amide bonds. The molecule has 8 atom stereocenters. The number of carbonyl (C=O) groups is 3. The van der Waals surface area contributed by atoms with Crippen LogP contribution in [0.25, 0.3) is 0 Å². The van der Waals surface area contributed by atoms with Crippen LogP contribution in [0.2, 0.25) is 0 Å². The Morgan fingerprint density at radius 3 is 2.59 bits per heavy atom. The molecule has 0 bridgehead atoms. The smallest absolute Gasteiger partial charge is 0.332 e. The lowest BCUT2D eigenvalue weighted by molar-refractivity contribution is -0.284. The molecule has 2 aliphatic heterocycles. The van der Waals surface area contributed by atoms with Crippen molar-refractivity contribution in [2.45, 2.75) is 81.8 Å². The second kappa shape index (κ2) is 6.81. The van der Waals surface area contributed by atoms with Gasteiger partial charge < -0.3 is 18.9 Å². The highest BCUT2D eigenvalue weighted by Gasteiger charge is 2.82. The number of fused-ring (bicyclic) bond motifs is 4. The molecule has 7 nitrogen and oxygen atoms in total. The van der Waals surface area contributed by atoms with E-state index in [9.17, 15) is 14.4 Å². The van der Waals surface area contributed by atoms with Crippen molar-refractivity contribution in [1.29, 1.82) is 0 Å². The normalized spacial score (nSPS) is 51.2. The SMILES string of the molecule is CC1(C)OCC(=O)OCC(=O)[C@]2(CC[C@H]3[C@@H]4C[C@H](Cl)C5=CC(=O)C=C[C@]5(C)[C@@]45O[C@H]5C[C@@]32C)O1. The Hall–Kier alpha value is -1.54. The topological polar surface area (TPSA) is 91.4 Å². The van der Waals surface area contributed by atoms with Gasteiger partial charge in [-0.3, -0.25) is 9.59 Å². The molecule has 2 saturated heterocycles. The summed E-state index contributed by atoms with van der Waals surface area (Å²) in [5.41, 5.74) is -1.65. The van der Waals surface area contributed by atoms with E-state index in [0.29, 0.717) is 19.3 Å². The number of hydrogen-bond donors (Lipinski definition) is 0. The minimum atomic E-state index is -1.15.